The fraction of sp³-hybridized carbons (Fsp3) is 1.00. The first kappa shape index (κ1) is 20.8. The molecule has 0 unspecified atom stereocenters. The van der Waals surface area contributed by atoms with E-state index in [0.29, 0.717) is 0 Å². The van der Waals surface area contributed by atoms with Gasteiger partial charge in [0.15, 0.2) is 0 Å². The molecule has 0 spiro atoms. The molecule has 0 aromatic heterocycles. The van der Waals surface area contributed by atoms with Gasteiger partial charge >= 0.3 is 0 Å². The Bertz CT molecular complexity index is 139. The fourth-order valence-corrected chi connectivity index (χ4v) is 6.64. The molecule has 0 radical (unpaired) electrons. The zero-order chi connectivity index (χ0) is 14.0. The molecule has 0 rings (SSSR count). The van der Waals surface area contributed by atoms with Crippen LogP contribution in [0.5, 0.6) is 0 Å². The summed E-state index contributed by atoms with van der Waals surface area (Å²) in [5, 5.41) is 0. The maximum absolute atomic E-state index is 2.26. The minimum atomic E-state index is 1.32. The summed E-state index contributed by atoms with van der Waals surface area (Å²) in [4.78, 5) is 0. The third-order valence-corrected chi connectivity index (χ3v) is 8.55. The van der Waals surface area contributed by atoms with Gasteiger partial charge in [-0.25, -0.2) is 0 Å². The predicted molar refractivity (Wildman–Crippen MR) is 107 cm³/mol. The summed E-state index contributed by atoms with van der Waals surface area (Å²) in [5.74, 6) is 13.4. The molecule has 0 amide bonds. The fourth-order valence-electron chi connectivity index (χ4n) is 1.27. The zero-order valence-electron chi connectivity index (χ0n) is 12.5. The minimum Gasteiger partial charge on any atom is -0.161 e. The van der Waals surface area contributed by atoms with Crippen LogP contribution in [0, 0.1) is 0 Å². The van der Waals surface area contributed by atoms with Gasteiger partial charge in [0.25, 0.3) is 0 Å². The summed E-state index contributed by atoms with van der Waals surface area (Å²) >= 11 is 10.6. The summed E-state index contributed by atoms with van der Waals surface area (Å²) < 4.78 is 0. The van der Waals surface area contributed by atoms with Gasteiger partial charge in [-0.1, -0.05) is 13.8 Å². The highest BCUT2D eigenvalue weighted by molar-refractivity contribution is 8.05. The van der Waals surface area contributed by atoms with E-state index in [-0.39, 0.29) is 0 Å². The lowest BCUT2D eigenvalue weighted by molar-refractivity contribution is 1.11. The van der Waals surface area contributed by atoms with Crippen molar-refractivity contribution in [3.63, 3.8) is 0 Å². The van der Waals surface area contributed by atoms with Gasteiger partial charge < -0.3 is 0 Å². The second-order valence-corrected chi connectivity index (χ2v) is 10.2. The number of rotatable bonds is 16. The molecule has 0 atom stereocenters. The summed E-state index contributed by atoms with van der Waals surface area (Å²) in [6.45, 7) is 4.52. The van der Waals surface area contributed by atoms with Gasteiger partial charge in [0.1, 0.15) is 0 Å². The minimum absolute atomic E-state index is 1.32. The summed E-state index contributed by atoms with van der Waals surface area (Å²) in [5.41, 5.74) is 0. The Labute approximate surface area is 142 Å². The van der Waals surface area contributed by atoms with Crippen molar-refractivity contribution in [1.82, 2.24) is 0 Å². The monoisotopic (exact) mass is 358 g/mol. The molecule has 0 aromatic rings. The van der Waals surface area contributed by atoms with Crippen molar-refractivity contribution in [2.24, 2.45) is 0 Å². The smallest absolute Gasteiger partial charge is 0.00238 e. The normalized spacial score (nSPS) is 11.1. The Hall–Kier alpha value is 1.75. The van der Waals surface area contributed by atoms with Crippen molar-refractivity contribution in [3.05, 3.63) is 0 Å². The lowest BCUT2D eigenvalue weighted by atomic mass is 10.6. The van der Waals surface area contributed by atoms with Gasteiger partial charge in [-0.05, 0) is 24.3 Å². The largest absolute Gasteiger partial charge is 0.161 e. The Morgan fingerprint density at radius 1 is 0.368 bits per heavy atom. The van der Waals surface area contributed by atoms with Gasteiger partial charge in [-0.2, -0.15) is 58.8 Å². The van der Waals surface area contributed by atoms with E-state index < -0.39 is 0 Å². The van der Waals surface area contributed by atoms with Crippen LogP contribution in [-0.2, 0) is 0 Å². The topological polar surface area (TPSA) is 0 Å². The van der Waals surface area contributed by atoms with E-state index in [0.717, 1.165) is 0 Å². The molecule has 0 aliphatic carbocycles. The van der Waals surface area contributed by atoms with Crippen molar-refractivity contribution in [2.75, 3.05) is 57.5 Å². The van der Waals surface area contributed by atoms with Crippen LogP contribution in [0.25, 0.3) is 0 Å². The number of thioether (sulfide) groups is 5. The van der Waals surface area contributed by atoms with E-state index in [1.165, 1.54) is 70.4 Å². The van der Waals surface area contributed by atoms with E-state index in [1.54, 1.807) is 0 Å². The first-order chi connectivity index (χ1) is 9.41. The van der Waals surface area contributed by atoms with Crippen molar-refractivity contribution in [1.29, 1.82) is 0 Å². The van der Waals surface area contributed by atoms with E-state index in [4.69, 9.17) is 0 Å². The van der Waals surface area contributed by atoms with Crippen molar-refractivity contribution < 1.29 is 0 Å². The molecule has 0 saturated heterocycles. The molecule has 0 nitrogen and oxygen atoms in total. The van der Waals surface area contributed by atoms with Crippen LogP contribution in [-0.4, -0.2) is 57.5 Å². The van der Waals surface area contributed by atoms with Crippen LogP contribution in [0.3, 0.4) is 0 Å². The van der Waals surface area contributed by atoms with Crippen LogP contribution < -0.4 is 0 Å². The van der Waals surface area contributed by atoms with Gasteiger partial charge in [-0.15, -0.1) is 0 Å². The lowest BCUT2D eigenvalue weighted by Gasteiger charge is -2.03. The predicted octanol–water partition coefficient (Wildman–Crippen LogP) is 5.47. The third kappa shape index (κ3) is 19.8. The third-order valence-electron chi connectivity index (χ3n) is 2.18. The second-order valence-electron chi connectivity index (χ2n) is 4.06. The first-order valence-corrected chi connectivity index (χ1v) is 13.1. The lowest BCUT2D eigenvalue weighted by Crippen LogP contribution is -1.94. The van der Waals surface area contributed by atoms with Gasteiger partial charge in [0.05, 0.1) is 0 Å². The van der Waals surface area contributed by atoms with Crippen LogP contribution in [0.1, 0.15) is 26.7 Å². The standard InChI is InChI=1S/C14H30S5/c1-3-5-15-7-9-17-11-13-19-14-12-18-10-8-16-6-4-2/h3-14H2,1-2H3. The molecule has 0 heterocycles. The Balaban J connectivity index is 2.88. The Morgan fingerprint density at radius 3 is 0.789 bits per heavy atom. The molecular weight excluding hydrogens is 328 g/mol. The average molecular weight is 359 g/mol. The summed E-state index contributed by atoms with van der Waals surface area (Å²) in [6.07, 6.45) is 2.64. The Kier molecular flexibility index (Phi) is 21.6. The quantitative estimate of drug-likeness (QED) is 0.334. The summed E-state index contributed by atoms with van der Waals surface area (Å²) in [7, 11) is 0. The van der Waals surface area contributed by atoms with Gasteiger partial charge in [0, 0.05) is 46.0 Å². The molecule has 0 saturated carbocycles. The maximum atomic E-state index is 2.26. The van der Waals surface area contributed by atoms with Crippen LogP contribution in [0.4, 0.5) is 0 Å². The molecule has 0 aromatic carbocycles. The SMILES string of the molecule is CCCSCCSCCSCCSCCSCCC. The zero-order valence-corrected chi connectivity index (χ0v) is 16.6. The first-order valence-electron chi connectivity index (χ1n) is 7.30. The molecule has 0 aliphatic heterocycles. The number of hydrogen-bond donors (Lipinski definition) is 0. The molecule has 0 aliphatic rings. The summed E-state index contributed by atoms with van der Waals surface area (Å²) in [6, 6.07) is 0. The second kappa shape index (κ2) is 19.8. The van der Waals surface area contributed by atoms with E-state index in [2.05, 4.69) is 72.7 Å². The molecule has 0 bridgehead atoms. The maximum Gasteiger partial charge on any atom is 0.00238 e. The Morgan fingerprint density at radius 2 is 0.579 bits per heavy atom. The van der Waals surface area contributed by atoms with Crippen LogP contribution in [0.2, 0.25) is 0 Å². The molecule has 5 heteroatoms. The van der Waals surface area contributed by atoms with Crippen LogP contribution >= 0.6 is 58.8 Å². The van der Waals surface area contributed by atoms with Gasteiger partial charge in [-0.3, -0.25) is 0 Å². The van der Waals surface area contributed by atoms with Gasteiger partial charge in [0.2, 0.25) is 0 Å². The molecular formula is C14H30S5. The van der Waals surface area contributed by atoms with Crippen LogP contribution in [0.15, 0.2) is 0 Å². The highest BCUT2D eigenvalue weighted by atomic mass is 32.2. The number of hydrogen-bond acceptors (Lipinski definition) is 5. The van der Waals surface area contributed by atoms with Crippen molar-refractivity contribution in [3.8, 4) is 0 Å². The highest BCUT2D eigenvalue weighted by Crippen LogP contribution is 2.13. The molecule has 19 heavy (non-hydrogen) atoms. The van der Waals surface area contributed by atoms with E-state index >= 15 is 0 Å². The van der Waals surface area contributed by atoms with E-state index in [9.17, 15) is 0 Å². The molecule has 0 fully saturated rings. The molecule has 116 valence electrons. The van der Waals surface area contributed by atoms with Crippen molar-refractivity contribution >= 4 is 58.8 Å². The van der Waals surface area contributed by atoms with Crippen molar-refractivity contribution in [2.45, 2.75) is 26.7 Å². The van der Waals surface area contributed by atoms with E-state index in [1.807, 2.05) is 0 Å². The molecule has 0 N–H and O–H groups in total. The highest BCUT2D eigenvalue weighted by Gasteiger charge is 1.94. The average Bonchev–Trinajstić information content (AvgIpc) is 2.43.